The zero-order valence-corrected chi connectivity index (χ0v) is 10.8. The molecule has 0 spiro atoms. The molecule has 2 N–H and O–H groups in total. The van der Waals surface area contributed by atoms with Crippen LogP contribution in [0, 0.1) is 6.92 Å². The van der Waals surface area contributed by atoms with E-state index in [1.165, 1.54) is 10.4 Å². The van der Waals surface area contributed by atoms with Gasteiger partial charge in [-0.3, -0.25) is 0 Å². The van der Waals surface area contributed by atoms with E-state index in [9.17, 15) is 0 Å². The number of hydrogen-bond acceptors (Lipinski definition) is 2. The van der Waals surface area contributed by atoms with Crippen molar-refractivity contribution in [1.29, 1.82) is 0 Å². The third-order valence-corrected chi connectivity index (χ3v) is 4.32. The lowest BCUT2D eigenvalue weighted by Crippen LogP contribution is -2.10. The lowest BCUT2D eigenvalue weighted by molar-refractivity contribution is 0.888. The second kappa shape index (κ2) is 4.47. The predicted octanol–water partition coefficient (Wildman–Crippen LogP) is 3.87. The molecule has 1 unspecified atom stereocenters. The Labute approximate surface area is 102 Å². The van der Waals surface area contributed by atoms with E-state index < -0.39 is 0 Å². The molecule has 0 aliphatic rings. The number of rotatable bonds is 2. The second-order valence-corrected chi connectivity index (χ2v) is 5.32. The summed E-state index contributed by atoms with van der Waals surface area (Å²) in [5.41, 5.74) is 8.61. The fourth-order valence-electron chi connectivity index (χ4n) is 1.45. The molecule has 3 heteroatoms. The average molecular weight is 282 g/mol. The molecule has 1 nitrogen and oxygen atoms in total. The van der Waals surface area contributed by atoms with E-state index in [0.717, 1.165) is 10.0 Å². The van der Waals surface area contributed by atoms with Gasteiger partial charge in [-0.15, -0.1) is 11.3 Å². The number of benzene rings is 1. The number of hydrogen-bond donors (Lipinski definition) is 1. The monoisotopic (exact) mass is 281 g/mol. The molecule has 1 atom stereocenters. The normalized spacial score (nSPS) is 12.7. The Morgan fingerprint density at radius 1 is 1.20 bits per heavy atom. The van der Waals surface area contributed by atoms with Crippen LogP contribution in [0.3, 0.4) is 0 Å². The molecular formula is C12H12BrNS. The number of aryl methyl sites for hydroxylation is 1. The van der Waals surface area contributed by atoms with Gasteiger partial charge >= 0.3 is 0 Å². The molecule has 0 saturated carbocycles. The van der Waals surface area contributed by atoms with Gasteiger partial charge in [0.05, 0.1) is 6.04 Å². The maximum absolute atomic E-state index is 6.19. The first-order chi connectivity index (χ1) is 7.18. The molecule has 0 saturated heterocycles. The molecule has 0 fully saturated rings. The molecule has 1 heterocycles. The standard InChI is InChI=1S/C12H12BrNS/c1-8-2-4-9(5-3-8)11(14)12-10(13)6-7-15-12/h2-7,11H,14H2,1H3. The van der Waals surface area contributed by atoms with Gasteiger partial charge in [0.25, 0.3) is 0 Å². The van der Waals surface area contributed by atoms with Crippen molar-refractivity contribution in [2.24, 2.45) is 5.73 Å². The molecule has 0 aliphatic heterocycles. The Morgan fingerprint density at radius 2 is 1.87 bits per heavy atom. The summed E-state index contributed by atoms with van der Waals surface area (Å²) in [7, 11) is 0. The van der Waals surface area contributed by atoms with Crippen LogP contribution in [0.5, 0.6) is 0 Å². The van der Waals surface area contributed by atoms with Gasteiger partial charge in [-0.1, -0.05) is 29.8 Å². The predicted molar refractivity (Wildman–Crippen MR) is 69.2 cm³/mol. The van der Waals surface area contributed by atoms with Crippen molar-refractivity contribution in [2.45, 2.75) is 13.0 Å². The van der Waals surface area contributed by atoms with Crippen LogP contribution in [0.15, 0.2) is 40.2 Å². The summed E-state index contributed by atoms with van der Waals surface area (Å²) >= 11 is 5.19. The molecule has 0 aliphatic carbocycles. The highest BCUT2D eigenvalue weighted by Gasteiger charge is 2.12. The van der Waals surface area contributed by atoms with Crippen LogP contribution in [-0.4, -0.2) is 0 Å². The maximum atomic E-state index is 6.19. The quantitative estimate of drug-likeness (QED) is 0.889. The molecule has 0 bridgehead atoms. The molecular weight excluding hydrogens is 270 g/mol. The third kappa shape index (κ3) is 2.30. The van der Waals surface area contributed by atoms with Crippen LogP contribution in [0.25, 0.3) is 0 Å². The number of thiophene rings is 1. The largest absolute Gasteiger partial charge is 0.320 e. The van der Waals surface area contributed by atoms with Crippen LogP contribution in [0.2, 0.25) is 0 Å². The summed E-state index contributed by atoms with van der Waals surface area (Å²) in [6.07, 6.45) is 0. The van der Waals surface area contributed by atoms with Gasteiger partial charge < -0.3 is 5.73 Å². The van der Waals surface area contributed by atoms with E-state index >= 15 is 0 Å². The van der Waals surface area contributed by atoms with Crippen molar-refractivity contribution in [2.75, 3.05) is 0 Å². The van der Waals surface area contributed by atoms with Crippen molar-refractivity contribution in [3.63, 3.8) is 0 Å². The molecule has 0 amide bonds. The summed E-state index contributed by atoms with van der Waals surface area (Å²) in [6, 6.07) is 10.4. The van der Waals surface area contributed by atoms with Crippen LogP contribution in [0.4, 0.5) is 0 Å². The fraction of sp³-hybridized carbons (Fsp3) is 0.167. The molecule has 1 aromatic carbocycles. The second-order valence-electron chi connectivity index (χ2n) is 3.52. The molecule has 1 aromatic heterocycles. The van der Waals surface area contributed by atoms with Crippen LogP contribution in [-0.2, 0) is 0 Å². The highest BCUT2D eigenvalue weighted by molar-refractivity contribution is 9.10. The van der Waals surface area contributed by atoms with Gasteiger partial charge in [0.2, 0.25) is 0 Å². The van der Waals surface area contributed by atoms with Crippen molar-refractivity contribution in [3.8, 4) is 0 Å². The Balaban J connectivity index is 2.32. The SMILES string of the molecule is Cc1ccc(C(N)c2sccc2Br)cc1. The molecule has 15 heavy (non-hydrogen) atoms. The minimum Gasteiger partial charge on any atom is -0.320 e. The topological polar surface area (TPSA) is 26.0 Å². The summed E-state index contributed by atoms with van der Waals surface area (Å²) in [4.78, 5) is 1.18. The van der Waals surface area contributed by atoms with Crippen molar-refractivity contribution in [1.82, 2.24) is 0 Å². The van der Waals surface area contributed by atoms with Crippen molar-refractivity contribution < 1.29 is 0 Å². The summed E-state index contributed by atoms with van der Waals surface area (Å²) in [5.74, 6) is 0. The zero-order valence-electron chi connectivity index (χ0n) is 8.41. The summed E-state index contributed by atoms with van der Waals surface area (Å²) < 4.78 is 1.10. The van der Waals surface area contributed by atoms with Crippen molar-refractivity contribution >= 4 is 27.3 Å². The smallest absolute Gasteiger partial charge is 0.0657 e. The first-order valence-electron chi connectivity index (χ1n) is 4.73. The average Bonchev–Trinajstić information content (AvgIpc) is 2.65. The molecule has 2 rings (SSSR count). The lowest BCUT2D eigenvalue weighted by atomic mass is 10.0. The first kappa shape index (κ1) is 10.9. The van der Waals surface area contributed by atoms with E-state index in [-0.39, 0.29) is 6.04 Å². The van der Waals surface area contributed by atoms with Crippen LogP contribution < -0.4 is 5.73 Å². The fourth-order valence-corrected chi connectivity index (χ4v) is 3.10. The number of halogens is 1. The van der Waals surface area contributed by atoms with E-state index in [2.05, 4.69) is 47.1 Å². The van der Waals surface area contributed by atoms with E-state index in [0.29, 0.717) is 0 Å². The summed E-state index contributed by atoms with van der Waals surface area (Å²) in [5, 5.41) is 2.05. The molecule has 2 aromatic rings. The lowest BCUT2D eigenvalue weighted by Gasteiger charge is -2.11. The Bertz CT molecular complexity index is 447. The Kier molecular flexibility index (Phi) is 3.24. The molecule has 0 radical (unpaired) electrons. The summed E-state index contributed by atoms with van der Waals surface area (Å²) in [6.45, 7) is 2.08. The highest BCUT2D eigenvalue weighted by Crippen LogP contribution is 2.31. The van der Waals surface area contributed by atoms with Gasteiger partial charge in [-0.25, -0.2) is 0 Å². The van der Waals surface area contributed by atoms with Gasteiger partial charge in [0.15, 0.2) is 0 Å². The third-order valence-electron chi connectivity index (χ3n) is 2.36. The maximum Gasteiger partial charge on any atom is 0.0657 e. The van der Waals surface area contributed by atoms with Gasteiger partial charge in [-0.05, 0) is 39.9 Å². The van der Waals surface area contributed by atoms with Gasteiger partial charge in [0, 0.05) is 9.35 Å². The van der Waals surface area contributed by atoms with E-state index in [1.54, 1.807) is 11.3 Å². The van der Waals surface area contributed by atoms with E-state index in [1.807, 2.05) is 11.4 Å². The minimum absolute atomic E-state index is 0.0278. The Morgan fingerprint density at radius 3 is 2.40 bits per heavy atom. The van der Waals surface area contributed by atoms with Crippen LogP contribution in [0.1, 0.15) is 22.0 Å². The van der Waals surface area contributed by atoms with Gasteiger partial charge in [0.1, 0.15) is 0 Å². The minimum atomic E-state index is -0.0278. The van der Waals surface area contributed by atoms with Crippen LogP contribution >= 0.6 is 27.3 Å². The zero-order chi connectivity index (χ0) is 10.8. The van der Waals surface area contributed by atoms with Gasteiger partial charge in [-0.2, -0.15) is 0 Å². The highest BCUT2D eigenvalue weighted by atomic mass is 79.9. The number of nitrogens with two attached hydrogens (primary N) is 1. The van der Waals surface area contributed by atoms with Crippen molar-refractivity contribution in [3.05, 3.63) is 56.2 Å². The first-order valence-corrected chi connectivity index (χ1v) is 6.41. The molecule has 78 valence electrons. The van der Waals surface area contributed by atoms with E-state index in [4.69, 9.17) is 5.73 Å². The Hall–Kier alpha value is -0.640.